The van der Waals surface area contributed by atoms with Gasteiger partial charge in [0, 0.05) is 31.5 Å². The largest absolute Gasteiger partial charge is 0.418 e. The second kappa shape index (κ2) is 6.78. The molecule has 0 radical (unpaired) electrons. The van der Waals surface area contributed by atoms with Gasteiger partial charge in [-0.25, -0.2) is 0 Å². The number of hydrogen-bond donors (Lipinski definition) is 2. The number of carbonyl (C=O) groups excluding carboxylic acids is 2. The Bertz CT molecular complexity index is 619. The molecule has 0 spiro atoms. The topological polar surface area (TPSA) is 84.7 Å². The highest BCUT2D eigenvalue weighted by atomic mass is 19.4. The highest BCUT2D eigenvalue weighted by Crippen LogP contribution is 2.40. The number of methoxy groups -OCH3 is 1. The molecule has 0 aliphatic carbocycles. The summed E-state index contributed by atoms with van der Waals surface area (Å²) in [6, 6.07) is 5.90. The molecule has 1 fully saturated rings. The Morgan fingerprint density at radius 1 is 1.33 bits per heavy atom. The number of primary amides is 1. The van der Waals surface area contributed by atoms with Crippen molar-refractivity contribution in [2.45, 2.75) is 18.2 Å². The lowest BCUT2D eigenvalue weighted by molar-refractivity contribution is -0.263. The quantitative estimate of drug-likeness (QED) is 0.844. The zero-order chi connectivity index (χ0) is 18.0. The fraction of sp³-hybridized carbons (Fsp3) is 0.467. The average Bonchev–Trinajstić information content (AvgIpc) is 2.92. The molecule has 6 nitrogen and oxygen atoms in total. The highest BCUT2D eigenvalue weighted by molar-refractivity contribution is 5.95. The zero-order valence-corrected chi connectivity index (χ0v) is 13.0. The van der Waals surface area contributed by atoms with Gasteiger partial charge in [0.1, 0.15) is 0 Å². The molecule has 1 saturated heterocycles. The van der Waals surface area contributed by atoms with Gasteiger partial charge in [0.25, 0.3) is 0 Å². The number of nitrogens with two attached hydrogens (primary N) is 1. The van der Waals surface area contributed by atoms with Crippen molar-refractivity contribution in [3.8, 4) is 0 Å². The molecule has 3 N–H and O–H groups in total. The summed E-state index contributed by atoms with van der Waals surface area (Å²) >= 11 is 0. The van der Waals surface area contributed by atoms with Crippen LogP contribution in [0.5, 0.6) is 0 Å². The lowest BCUT2D eigenvalue weighted by Gasteiger charge is -2.30. The standard InChI is InChI=1S/C15H18F3N3O3/c1-24-14(15(16,17)18)6-7-21(9-14)8-12(22)20-11-4-2-10(3-5-11)13(19)23/h2-5H,6-9H2,1H3,(H2,19,23)(H,20,22). The van der Waals surface area contributed by atoms with E-state index in [-0.39, 0.29) is 26.1 Å². The molecular formula is C15H18F3N3O3. The lowest BCUT2D eigenvalue weighted by Crippen LogP contribution is -2.49. The zero-order valence-electron chi connectivity index (χ0n) is 13.0. The second-order valence-electron chi connectivity index (χ2n) is 5.65. The summed E-state index contributed by atoms with van der Waals surface area (Å²) in [6.45, 7) is -0.457. The number of carbonyl (C=O) groups is 2. The summed E-state index contributed by atoms with van der Waals surface area (Å²) in [5, 5.41) is 2.56. The number of halogens is 3. The first-order valence-corrected chi connectivity index (χ1v) is 7.21. The van der Waals surface area contributed by atoms with Crippen LogP contribution in [0, 0.1) is 0 Å². The fourth-order valence-electron chi connectivity index (χ4n) is 2.63. The van der Waals surface area contributed by atoms with Crippen molar-refractivity contribution < 1.29 is 27.5 Å². The summed E-state index contributed by atoms with van der Waals surface area (Å²) in [7, 11) is 1.03. The number of nitrogens with zero attached hydrogens (tertiary/aromatic N) is 1. The molecular weight excluding hydrogens is 327 g/mol. The molecule has 1 unspecified atom stereocenters. The molecule has 132 valence electrons. The smallest absolute Gasteiger partial charge is 0.367 e. The van der Waals surface area contributed by atoms with E-state index in [0.29, 0.717) is 11.3 Å². The minimum Gasteiger partial charge on any atom is -0.367 e. The van der Waals surface area contributed by atoms with E-state index in [2.05, 4.69) is 10.1 Å². The van der Waals surface area contributed by atoms with Crippen LogP contribution in [-0.2, 0) is 9.53 Å². The Hall–Kier alpha value is -2.13. The molecule has 1 aliphatic rings. The summed E-state index contributed by atoms with van der Waals surface area (Å²) in [6.07, 6.45) is -4.70. The summed E-state index contributed by atoms with van der Waals surface area (Å²) in [5.74, 6) is -1.04. The number of benzene rings is 1. The van der Waals surface area contributed by atoms with Crippen LogP contribution in [0.3, 0.4) is 0 Å². The van der Waals surface area contributed by atoms with Gasteiger partial charge in [0.15, 0.2) is 5.60 Å². The van der Waals surface area contributed by atoms with Gasteiger partial charge in [-0.2, -0.15) is 13.2 Å². The average molecular weight is 345 g/mol. The van der Waals surface area contributed by atoms with Crippen molar-refractivity contribution in [3.05, 3.63) is 29.8 Å². The van der Waals surface area contributed by atoms with Crippen LogP contribution in [0.2, 0.25) is 0 Å². The van der Waals surface area contributed by atoms with Gasteiger partial charge in [0.2, 0.25) is 11.8 Å². The fourth-order valence-corrected chi connectivity index (χ4v) is 2.63. The second-order valence-corrected chi connectivity index (χ2v) is 5.65. The molecule has 0 saturated carbocycles. The maximum Gasteiger partial charge on any atom is 0.418 e. The number of rotatable bonds is 5. The first kappa shape index (κ1) is 18.2. The van der Waals surface area contributed by atoms with Crippen LogP contribution in [0.25, 0.3) is 0 Å². The molecule has 9 heteroatoms. The molecule has 1 aromatic carbocycles. The lowest BCUT2D eigenvalue weighted by atomic mass is 10.0. The Morgan fingerprint density at radius 2 is 1.96 bits per heavy atom. The molecule has 1 aliphatic heterocycles. The first-order valence-electron chi connectivity index (χ1n) is 7.21. The Labute approximate surface area is 136 Å². The maximum absolute atomic E-state index is 13.1. The van der Waals surface area contributed by atoms with Crippen molar-refractivity contribution >= 4 is 17.5 Å². The Morgan fingerprint density at radius 3 is 2.42 bits per heavy atom. The van der Waals surface area contributed by atoms with E-state index in [1.165, 1.54) is 29.2 Å². The highest BCUT2D eigenvalue weighted by Gasteiger charge is 2.58. The number of nitrogens with one attached hydrogen (secondary N) is 1. The molecule has 2 rings (SSSR count). The van der Waals surface area contributed by atoms with E-state index in [0.717, 1.165) is 7.11 Å². The SMILES string of the molecule is COC1(C(F)(F)F)CCN(CC(=O)Nc2ccc(C(N)=O)cc2)C1. The van der Waals surface area contributed by atoms with Gasteiger partial charge in [-0.05, 0) is 30.7 Å². The van der Waals surface area contributed by atoms with Crippen LogP contribution in [-0.4, -0.2) is 55.2 Å². The van der Waals surface area contributed by atoms with Crippen LogP contribution in [0.15, 0.2) is 24.3 Å². The molecule has 1 aromatic rings. The Kier molecular flexibility index (Phi) is 5.14. The van der Waals surface area contributed by atoms with Crippen LogP contribution in [0.4, 0.5) is 18.9 Å². The molecule has 1 atom stereocenters. The van der Waals surface area contributed by atoms with Crippen molar-refractivity contribution in [1.29, 1.82) is 0 Å². The predicted molar refractivity (Wildman–Crippen MR) is 80.4 cm³/mol. The third kappa shape index (κ3) is 3.85. The van der Waals surface area contributed by atoms with E-state index in [1.807, 2.05) is 0 Å². The molecule has 1 heterocycles. The molecule has 0 bridgehead atoms. The van der Waals surface area contributed by atoms with Gasteiger partial charge in [0.05, 0.1) is 6.54 Å². The molecule has 24 heavy (non-hydrogen) atoms. The first-order chi connectivity index (χ1) is 11.2. The predicted octanol–water partition coefficient (Wildman–Crippen LogP) is 1.38. The van der Waals surface area contributed by atoms with E-state index in [4.69, 9.17) is 5.73 Å². The van der Waals surface area contributed by atoms with E-state index < -0.39 is 23.6 Å². The maximum atomic E-state index is 13.1. The minimum atomic E-state index is -4.49. The van der Waals surface area contributed by atoms with Crippen molar-refractivity contribution in [2.24, 2.45) is 5.73 Å². The van der Waals surface area contributed by atoms with E-state index in [1.54, 1.807) is 0 Å². The molecule has 0 aromatic heterocycles. The Balaban J connectivity index is 1.93. The van der Waals surface area contributed by atoms with Crippen molar-refractivity contribution in [1.82, 2.24) is 4.90 Å². The van der Waals surface area contributed by atoms with E-state index >= 15 is 0 Å². The monoisotopic (exact) mass is 345 g/mol. The number of ether oxygens (including phenoxy) is 1. The number of alkyl halides is 3. The van der Waals surface area contributed by atoms with Gasteiger partial charge >= 0.3 is 6.18 Å². The summed E-state index contributed by atoms with van der Waals surface area (Å²) < 4.78 is 43.9. The van der Waals surface area contributed by atoms with Gasteiger partial charge in [-0.15, -0.1) is 0 Å². The number of anilines is 1. The number of amides is 2. The van der Waals surface area contributed by atoms with Gasteiger partial charge in [-0.3, -0.25) is 14.5 Å². The summed E-state index contributed by atoms with van der Waals surface area (Å²) in [4.78, 5) is 24.3. The van der Waals surface area contributed by atoms with E-state index in [9.17, 15) is 22.8 Å². The van der Waals surface area contributed by atoms with Crippen LogP contribution >= 0.6 is 0 Å². The molecule has 2 amide bonds. The minimum absolute atomic E-state index is 0.112. The van der Waals surface area contributed by atoms with Crippen molar-refractivity contribution in [3.63, 3.8) is 0 Å². The van der Waals surface area contributed by atoms with Crippen LogP contribution < -0.4 is 11.1 Å². The van der Waals surface area contributed by atoms with Crippen LogP contribution in [0.1, 0.15) is 16.8 Å². The number of likely N-dealkylation sites (tertiary alicyclic amines) is 1. The summed E-state index contributed by atoms with van der Waals surface area (Å²) in [5.41, 5.74) is 3.61. The third-order valence-electron chi connectivity index (χ3n) is 4.04. The van der Waals surface area contributed by atoms with Gasteiger partial charge < -0.3 is 15.8 Å². The normalized spacial score (nSPS) is 21.7. The van der Waals surface area contributed by atoms with Gasteiger partial charge in [-0.1, -0.05) is 0 Å². The van der Waals surface area contributed by atoms with Crippen molar-refractivity contribution in [2.75, 3.05) is 32.1 Å². The number of hydrogen-bond acceptors (Lipinski definition) is 4. The third-order valence-corrected chi connectivity index (χ3v) is 4.04.